The lowest BCUT2D eigenvalue weighted by Crippen LogP contribution is -2.40. The summed E-state index contributed by atoms with van der Waals surface area (Å²) in [5.41, 5.74) is 7.26. The molecule has 0 atom stereocenters. The second kappa shape index (κ2) is 8.66. The van der Waals surface area contributed by atoms with Gasteiger partial charge in [0.05, 0.1) is 11.0 Å². The van der Waals surface area contributed by atoms with Crippen LogP contribution < -0.4 is 16.2 Å². The van der Waals surface area contributed by atoms with Crippen LogP contribution in [0.25, 0.3) is 0 Å². The molecule has 3 rings (SSSR count). The number of nitro groups is 1. The highest BCUT2D eigenvalue weighted by Gasteiger charge is 2.26. The van der Waals surface area contributed by atoms with Gasteiger partial charge in [0.2, 0.25) is 11.6 Å². The smallest absolute Gasteiger partial charge is 0.353 e. The zero-order chi connectivity index (χ0) is 20.9. The molecule has 1 heterocycles. The van der Waals surface area contributed by atoms with Gasteiger partial charge >= 0.3 is 5.69 Å². The normalized spacial score (nSPS) is 11.3. The fourth-order valence-corrected chi connectivity index (χ4v) is 2.78. The SMILES string of the molecule is CC(C)(C)NNc1ncnc(NC(c2ccccc2)c2ccccc2)c1[N+](=O)[O-]. The molecule has 0 fully saturated rings. The molecule has 0 spiro atoms. The van der Waals surface area contributed by atoms with Crippen LogP contribution in [-0.2, 0) is 0 Å². The van der Waals surface area contributed by atoms with E-state index in [1.807, 2.05) is 81.4 Å². The lowest BCUT2D eigenvalue weighted by molar-refractivity contribution is -0.383. The summed E-state index contributed by atoms with van der Waals surface area (Å²) in [4.78, 5) is 19.6. The molecule has 29 heavy (non-hydrogen) atoms. The minimum Gasteiger partial charge on any atom is -0.353 e. The average Bonchev–Trinajstić information content (AvgIpc) is 2.71. The van der Waals surface area contributed by atoms with E-state index in [2.05, 4.69) is 26.1 Å². The molecule has 3 N–H and O–H groups in total. The number of rotatable bonds is 7. The van der Waals surface area contributed by atoms with Crippen LogP contribution in [0.2, 0.25) is 0 Å². The molecule has 0 saturated carbocycles. The molecular weight excluding hydrogens is 368 g/mol. The summed E-state index contributed by atoms with van der Waals surface area (Å²) in [6, 6.07) is 19.2. The minimum atomic E-state index is -0.484. The van der Waals surface area contributed by atoms with Crippen molar-refractivity contribution >= 4 is 17.3 Å². The third-order valence-corrected chi connectivity index (χ3v) is 4.11. The van der Waals surface area contributed by atoms with Crippen molar-refractivity contribution in [2.75, 3.05) is 10.7 Å². The van der Waals surface area contributed by atoms with Gasteiger partial charge in [-0.25, -0.2) is 15.4 Å². The Labute approximate surface area is 169 Å². The van der Waals surface area contributed by atoms with Gasteiger partial charge in [0.1, 0.15) is 6.33 Å². The van der Waals surface area contributed by atoms with Crippen molar-refractivity contribution in [2.45, 2.75) is 32.4 Å². The predicted octanol–water partition coefficient (Wildman–Crippen LogP) is 4.30. The van der Waals surface area contributed by atoms with E-state index in [4.69, 9.17) is 0 Å². The van der Waals surface area contributed by atoms with E-state index in [0.29, 0.717) is 0 Å². The minimum absolute atomic E-state index is 0.0994. The Balaban J connectivity index is 2.00. The van der Waals surface area contributed by atoms with E-state index in [9.17, 15) is 10.1 Å². The summed E-state index contributed by atoms with van der Waals surface area (Å²) in [6.45, 7) is 5.81. The van der Waals surface area contributed by atoms with Gasteiger partial charge in [-0.05, 0) is 31.9 Å². The first kappa shape index (κ1) is 20.2. The summed E-state index contributed by atoms with van der Waals surface area (Å²) >= 11 is 0. The van der Waals surface area contributed by atoms with E-state index in [-0.39, 0.29) is 28.9 Å². The van der Waals surface area contributed by atoms with Gasteiger partial charge in [-0.1, -0.05) is 60.7 Å². The fourth-order valence-electron chi connectivity index (χ4n) is 2.78. The summed E-state index contributed by atoms with van der Waals surface area (Å²) in [5, 5.41) is 15.1. The van der Waals surface area contributed by atoms with Crippen molar-refractivity contribution in [1.82, 2.24) is 15.4 Å². The van der Waals surface area contributed by atoms with Crippen LogP contribution in [0, 0.1) is 10.1 Å². The summed E-state index contributed by atoms with van der Waals surface area (Å²) < 4.78 is 0. The largest absolute Gasteiger partial charge is 0.354 e. The Kier molecular flexibility index (Phi) is 6.04. The van der Waals surface area contributed by atoms with Crippen molar-refractivity contribution < 1.29 is 4.92 Å². The van der Waals surface area contributed by atoms with E-state index in [1.54, 1.807) is 0 Å². The van der Waals surface area contributed by atoms with Gasteiger partial charge in [-0.2, -0.15) is 0 Å². The molecule has 0 aliphatic heterocycles. The highest BCUT2D eigenvalue weighted by Crippen LogP contribution is 2.33. The first-order valence-corrected chi connectivity index (χ1v) is 9.24. The molecule has 0 amide bonds. The van der Waals surface area contributed by atoms with E-state index < -0.39 is 4.92 Å². The van der Waals surface area contributed by atoms with Crippen LogP contribution in [0.3, 0.4) is 0 Å². The van der Waals surface area contributed by atoms with E-state index in [0.717, 1.165) is 11.1 Å². The topological polar surface area (TPSA) is 105 Å². The second-order valence-corrected chi connectivity index (χ2v) is 7.58. The van der Waals surface area contributed by atoms with Crippen LogP contribution in [0.1, 0.15) is 37.9 Å². The molecule has 0 aliphatic carbocycles. The van der Waals surface area contributed by atoms with Gasteiger partial charge in [0.15, 0.2) is 0 Å². The lowest BCUT2D eigenvalue weighted by atomic mass is 9.99. The van der Waals surface area contributed by atoms with E-state index in [1.165, 1.54) is 6.33 Å². The Morgan fingerprint density at radius 2 is 1.41 bits per heavy atom. The van der Waals surface area contributed by atoms with Crippen molar-refractivity contribution in [3.05, 3.63) is 88.2 Å². The molecule has 8 heteroatoms. The summed E-state index contributed by atoms with van der Waals surface area (Å²) in [5.74, 6) is 0.239. The quantitative estimate of drug-likeness (QED) is 0.407. The first-order chi connectivity index (χ1) is 13.8. The van der Waals surface area contributed by atoms with Crippen LogP contribution in [0.4, 0.5) is 17.3 Å². The maximum absolute atomic E-state index is 11.8. The Bertz CT molecular complexity index is 918. The molecular formula is C21H24N6O2. The van der Waals surface area contributed by atoms with Crippen LogP contribution in [-0.4, -0.2) is 20.4 Å². The lowest BCUT2D eigenvalue weighted by Gasteiger charge is -2.23. The zero-order valence-corrected chi connectivity index (χ0v) is 16.6. The number of hydrogen-bond acceptors (Lipinski definition) is 7. The number of hydrogen-bond donors (Lipinski definition) is 3. The molecule has 3 aromatic rings. The first-order valence-electron chi connectivity index (χ1n) is 9.24. The van der Waals surface area contributed by atoms with E-state index >= 15 is 0 Å². The number of anilines is 2. The number of nitrogens with zero attached hydrogens (tertiary/aromatic N) is 3. The molecule has 0 radical (unpaired) electrons. The highest BCUT2D eigenvalue weighted by molar-refractivity contribution is 5.70. The maximum atomic E-state index is 11.8. The monoisotopic (exact) mass is 392 g/mol. The molecule has 0 bridgehead atoms. The second-order valence-electron chi connectivity index (χ2n) is 7.58. The molecule has 0 aliphatic rings. The number of benzene rings is 2. The number of nitrogens with one attached hydrogen (secondary N) is 3. The Morgan fingerprint density at radius 1 is 0.897 bits per heavy atom. The maximum Gasteiger partial charge on any atom is 0.354 e. The zero-order valence-electron chi connectivity index (χ0n) is 16.6. The van der Waals surface area contributed by atoms with Gasteiger partial charge in [-0.15, -0.1) is 0 Å². The third kappa shape index (κ3) is 5.26. The van der Waals surface area contributed by atoms with Gasteiger partial charge < -0.3 is 5.32 Å². The predicted molar refractivity (Wildman–Crippen MR) is 114 cm³/mol. The third-order valence-electron chi connectivity index (χ3n) is 4.11. The van der Waals surface area contributed by atoms with Gasteiger partial charge in [0, 0.05) is 5.54 Å². The Hall–Kier alpha value is -3.52. The molecule has 8 nitrogen and oxygen atoms in total. The standard InChI is InChI=1S/C21H24N6O2/c1-21(2,3)26-25-20-18(27(28)29)19(22-14-23-20)24-17(15-10-6-4-7-11-15)16-12-8-5-9-13-16/h4-14,17,26H,1-3H3,(H2,22,23,24,25). The summed E-state index contributed by atoms with van der Waals surface area (Å²) in [7, 11) is 0. The van der Waals surface area contributed by atoms with Crippen molar-refractivity contribution in [1.29, 1.82) is 0 Å². The fraction of sp³-hybridized carbons (Fsp3) is 0.238. The van der Waals surface area contributed by atoms with Crippen molar-refractivity contribution in [3.63, 3.8) is 0 Å². The number of hydrazine groups is 1. The molecule has 1 aromatic heterocycles. The van der Waals surface area contributed by atoms with Crippen LogP contribution in [0.5, 0.6) is 0 Å². The summed E-state index contributed by atoms with van der Waals surface area (Å²) in [6.07, 6.45) is 1.30. The van der Waals surface area contributed by atoms with Crippen LogP contribution >= 0.6 is 0 Å². The molecule has 2 aromatic carbocycles. The highest BCUT2D eigenvalue weighted by atomic mass is 16.6. The molecule has 0 saturated heterocycles. The molecule has 0 unspecified atom stereocenters. The average molecular weight is 392 g/mol. The van der Waals surface area contributed by atoms with Gasteiger partial charge in [-0.3, -0.25) is 15.5 Å². The Morgan fingerprint density at radius 3 is 1.90 bits per heavy atom. The van der Waals surface area contributed by atoms with Gasteiger partial charge in [0.25, 0.3) is 0 Å². The molecule has 150 valence electrons. The van der Waals surface area contributed by atoms with Crippen LogP contribution in [0.15, 0.2) is 67.0 Å². The number of aromatic nitrogens is 2. The van der Waals surface area contributed by atoms with Crippen molar-refractivity contribution in [2.24, 2.45) is 0 Å². The van der Waals surface area contributed by atoms with Crippen molar-refractivity contribution in [3.8, 4) is 0 Å².